The van der Waals surface area contributed by atoms with E-state index in [-0.39, 0.29) is 22.1 Å². The third-order valence-electron chi connectivity index (χ3n) is 2.60. The van der Waals surface area contributed by atoms with Crippen molar-refractivity contribution in [1.29, 1.82) is 0 Å². The monoisotopic (exact) mass is 256 g/mol. The maximum atomic E-state index is 12.7. The zero-order valence-electron chi connectivity index (χ0n) is 10.2. The summed E-state index contributed by atoms with van der Waals surface area (Å²) >= 11 is 1.42. The molecule has 0 heterocycles. The van der Waals surface area contributed by atoms with Crippen LogP contribution in [0.5, 0.6) is 0 Å². The fourth-order valence-electron chi connectivity index (χ4n) is 1.35. The number of benzene rings is 1. The summed E-state index contributed by atoms with van der Waals surface area (Å²) in [5, 5.41) is 9.13. The number of thioether (sulfide) groups is 1. The van der Waals surface area contributed by atoms with Crippen LogP contribution in [0.2, 0.25) is 0 Å². The van der Waals surface area contributed by atoms with Crippen molar-refractivity contribution in [1.82, 2.24) is 0 Å². The van der Waals surface area contributed by atoms with E-state index < -0.39 is 6.10 Å². The third-order valence-corrected chi connectivity index (χ3v) is 4.04. The molecule has 0 aromatic heterocycles. The summed E-state index contributed by atoms with van der Waals surface area (Å²) in [6, 6.07) is 5.54. The maximum Gasteiger partial charge on any atom is 0.175 e. The van der Waals surface area contributed by atoms with Crippen LogP contribution in [0.3, 0.4) is 0 Å². The number of hydrogen-bond acceptors (Lipinski definition) is 3. The lowest BCUT2D eigenvalue weighted by atomic mass is 10.1. The summed E-state index contributed by atoms with van der Waals surface area (Å²) in [6.07, 6.45) is -0.455. The van der Waals surface area contributed by atoms with E-state index in [9.17, 15) is 14.3 Å². The number of hydrogen-bond donors (Lipinski definition) is 1. The van der Waals surface area contributed by atoms with Crippen molar-refractivity contribution in [3.8, 4) is 0 Å². The second-order valence-electron chi connectivity index (χ2n) is 4.10. The zero-order chi connectivity index (χ0) is 13.0. The van der Waals surface area contributed by atoms with Gasteiger partial charge in [-0.25, -0.2) is 4.39 Å². The van der Waals surface area contributed by atoms with E-state index in [0.29, 0.717) is 5.56 Å². The number of aliphatic hydroxyl groups is 1. The highest BCUT2D eigenvalue weighted by atomic mass is 32.2. The summed E-state index contributed by atoms with van der Waals surface area (Å²) in [5.41, 5.74) is 0.504. The number of halogens is 1. The van der Waals surface area contributed by atoms with E-state index in [1.807, 2.05) is 6.92 Å². The van der Waals surface area contributed by atoms with Crippen LogP contribution in [-0.4, -0.2) is 27.5 Å². The summed E-state index contributed by atoms with van der Waals surface area (Å²) in [7, 11) is 0. The number of carbonyl (C=O) groups is 1. The Morgan fingerprint density at radius 2 is 1.76 bits per heavy atom. The number of ketones is 1. The van der Waals surface area contributed by atoms with Gasteiger partial charge >= 0.3 is 0 Å². The quantitative estimate of drug-likeness (QED) is 0.823. The Bertz CT molecular complexity index is 376. The lowest BCUT2D eigenvalue weighted by molar-refractivity contribution is 0.0993. The van der Waals surface area contributed by atoms with Gasteiger partial charge in [-0.2, -0.15) is 0 Å². The number of carbonyl (C=O) groups excluding carboxylic acids is 1. The molecule has 0 aliphatic carbocycles. The fraction of sp³-hybridized carbons (Fsp3) is 0.462. The third kappa shape index (κ3) is 4.13. The number of Topliss-reactive ketones (excluding diaryl/α,β-unsaturated/α-hetero) is 1. The number of aliphatic hydroxyl groups excluding tert-OH is 1. The molecule has 0 radical (unpaired) electrons. The van der Waals surface area contributed by atoms with Crippen LogP contribution in [0.1, 0.15) is 31.1 Å². The minimum absolute atomic E-state index is 0.00519. The summed E-state index contributed by atoms with van der Waals surface area (Å²) in [5.74, 6) is -0.387. The molecule has 4 heteroatoms. The van der Waals surface area contributed by atoms with Crippen LogP contribution in [0.15, 0.2) is 24.3 Å². The van der Waals surface area contributed by atoms with Crippen molar-refractivity contribution >= 4 is 17.5 Å². The molecule has 2 nitrogen and oxygen atoms in total. The lowest BCUT2D eigenvalue weighted by Gasteiger charge is -2.18. The molecule has 1 aromatic rings. The average molecular weight is 256 g/mol. The van der Waals surface area contributed by atoms with Gasteiger partial charge in [-0.05, 0) is 38.1 Å². The second kappa shape index (κ2) is 6.17. The van der Waals surface area contributed by atoms with Crippen molar-refractivity contribution in [3.63, 3.8) is 0 Å². The van der Waals surface area contributed by atoms with Gasteiger partial charge in [0.25, 0.3) is 0 Å². The van der Waals surface area contributed by atoms with Gasteiger partial charge in [0.2, 0.25) is 0 Å². The first kappa shape index (κ1) is 14.2. The zero-order valence-corrected chi connectivity index (χ0v) is 11.0. The standard InChI is InChI=1S/C13H17FO2S/c1-8(15)9(2)17-10(3)13(16)11-4-6-12(14)7-5-11/h4-10,15H,1-3H3. The van der Waals surface area contributed by atoms with Gasteiger partial charge in [0.1, 0.15) is 5.82 Å². The predicted molar refractivity (Wildman–Crippen MR) is 68.9 cm³/mol. The molecule has 0 amide bonds. The summed E-state index contributed by atoms with van der Waals surface area (Å²) in [6.45, 7) is 5.38. The van der Waals surface area contributed by atoms with Gasteiger partial charge in [0.05, 0.1) is 11.4 Å². The van der Waals surface area contributed by atoms with Crippen LogP contribution >= 0.6 is 11.8 Å². The molecule has 0 fully saturated rings. The fourth-order valence-corrected chi connectivity index (χ4v) is 2.48. The van der Waals surface area contributed by atoms with Gasteiger partial charge in [-0.15, -0.1) is 11.8 Å². The normalized spacial score (nSPS) is 16.3. The van der Waals surface area contributed by atoms with E-state index in [1.54, 1.807) is 13.8 Å². The average Bonchev–Trinajstić information content (AvgIpc) is 2.28. The molecule has 0 saturated carbocycles. The topological polar surface area (TPSA) is 37.3 Å². The smallest absolute Gasteiger partial charge is 0.175 e. The van der Waals surface area contributed by atoms with Crippen molar-refractivity contribution in [3.05, 3.63) is 35.6 Å². The molecule has 0 bridgehead atoms. The molecular formula is C13H17FO2S. The van der Waals surface area contributed by atoms with Gasteiger partial charge in [-0.1, -0.05) is 6.92 Å². The summed E-state index contributed by atoms with van der Waals surface area (Å²) in [4.78, 5) is 12.0. The second-order valence-corrected chi connectivity index (χ2v) is 5.82. The highest BCUT2D eigenvalue weighted by Crippen LogP contribution is 2.23. The van der Waals surface area contributed by atoms with E-state index in [4.69, 9.17) is 0 Å². The van der Waals surface area contributed by atoms with Crippen molar-refractivity contribution in [2.45, 2.75) is 37.4 Å². The molecule has 17 heavy (non-hydrogen) atoms. The first-order chi connectivity index (χ1) is 7.91. The molecule has 0 spiro atoms. The first-order valence-corrected chi connectivity index (χ1v) is 6.49. The van der Waals surface area contributed by atoms with Crippen LogP contribution in [-0.2, 0) is 0 Å². The van der Waals surface area contributed by atoms with Gasteiger partial charge < -0.3 is 5.11 Å². The van der Waals surface area contributed by atoms with Crippen LogP contribution in [0.4, 0.5) is 4.39 Å². The van der Waals surface area contributed by atoms with E-state index >= 15 is 0 Å². The van der Waals surface area contributed by atoms with Gasteiger partial charge in [0, 0.05) is 10.8 Å². The Morgan fingerprint density at radius 3 is 2.24 bits per heavy atom. The Labute approximate surface area is 105 Å². The molecule has 3 atom stereocenters. The van der Waals surface area contributed by atoms with Crippen LogP contribution < -0.4 is 0 Å². The van der Waals surface area contributed by atoms with E-state index in [0.717, 1.165) is 0 Å². The molecule has 1 aromatic carbocycles. The van der Waals surface area contributed by atoms with Crippen LogP contribution in [0, 0.1) is 5.82 Å². The van der Waals surface area contributed by atoms with Crippen LogP contribution in [0.25, 0.3) is 0 Å². The molecule has 3 unspecified atom stereocenters. The first-order valence-electron chi connectivity index (χ1n) is 5.55. The maximum absolute atomic E-state index is 12.7. The van der Waals surface area contributed by atoms with E-state index in [1.165, 1.54) is 36.0 Å². The molecule has 0 aliphatic heterocycles. The Kier molecular flexibility index (Phi) is 5.15. The Hall–Kier alpha value is -0.870. The SMILES string of the molecule is CC(SC(C)C(C)O)C(=O)c1ccc(F)cc1. The largest absolute Gasteiger partial charge is 0.392 e. The van der Waals surface area contributed by atoms with Gasteiger partial charge in [0.15, 0.2) is 5.78 Å². The number of rotatable bonds is 5. The molecule has 1 N–H and O–H groups in total. The lowest BCUT2D eigenvalue weighted by Crippen LogP contribution is -2.22. The van der Waals surface area contributed by atoms with E-state index in [2.05, 4.69) is 0 Å². The van der Waals surface area contributed by atoms with Crippen molar-refractivity contribution in [2.24, 2.45) is 0 Å². The molecule has 1 rings (SSSR count). The van der Waals surface area contributed by atoms with Crippen molar-refractivity contribution in [2.75, 3.05) is 0 Å². The molecule has 0 aliphatic rings. The minimum atomic E-state index is -0.455. The minimum Gasteiger partial charge on any atom is -0.392 e. The highest BCUT2D eigenvalue weighted by molar-refractivity contribution is 8.01. The molecule has 0 saturated heterocycles. The van der Waals surface area contributed by atoms with Gasteiger partial charge in [-0.3, -0.25) is 4.79 Å². The molecular weight excluding hydrogens is 239 g/mol. The van der Waals surface area contributed by atoms with Crippen molar-refractivity contribution < 1.29 is 14.3 Å². The summed E-state index contributed by atoms with van der Waals surface area (Å²) < 4.78 is 12.7. The highest BCUT2D eigenvalue weighted by Gasteiger charge is 2.20. The Morgan fingerprint density at radius 1 is 1.24 bits per heavy atom. The predicted octanol–water partition coefficient (Wildman–Crippen LogP) is 2.90. The molecule has 94 valence electrons. The Balaban J connectivity index is 2.66.